The van der Waals surface area contributed by atoms with Gasteiger partial charge in [0.15, 0.2) is 0 Å². The normalized spacial score (nSPS) is 10.2. The molecule has 2 aromatic rings. The van der Waals surface area contributed by atoms with E-state index in [9.17, 15) is 0 Å². The van der Waals surface area contributed by atoms with Crippen molar-refractivity contribution in [2.24, 2.45) is 0 Å². The Labute approximate surface area is 117 Å². The molecule has 100 valence electrons. The molecule has 0 aliphatic carbocycles. The third-order valence-corrected chi connectivity index (χ3v) is 3.08. The van der Waals surface area contributed by atoms with E-state index in [1.165, 1.54) is 0 Å². The lowest BCUT2D eigenvalue weighted by Crippen LogP contribution is -2.09. The maximum Gasteiger partial charge on any atom is 0.142 e. The van der Waals surface area contributed by atoms with Gasteiger partial charge in [0, 0.05) is 5.02 Å². The summed E-state index contributed by atoms with van der Waals surface area (Å²) >= 11 is 5.95. The zero-order chi connectivity index (χ0) is 13.7. The van der Waals surface area contributed by atoms with Crippen molar-refractivity contribution in [3.05, 3.63) is 53.1 Å². The SMILES string of the molecule is Cc1cc(OCCOc2ccccc2N)ccc1Cl. The maximum absolute atomic E-state index is 5.95. The maximum atomic E-state index is 5.95. The van der Waals surface area contributed by atoms with E-state index in [0.29, 0.717) is 24.7 Å². The molecule has 0 aliphatic heterocycles. The number of anilines is 1. The van der Waals surface area contributed by atoms with E-state index in [4.69, 9.17) is 26.8 Å². The van der Waals surface area contributed by atoms with Crippen molar-refractivity contribution in [2.75, 3.05) is 18.9 Å². The van der Waals surface area contributed by atoms with Gasteiger partial charge in [-0.3, -0.25) is 0 Å². The second-order valence-corrected chi connectivity index (χ2v) is 4.55. The monoisotopic (exact) mass is 277 g/mol. The molecule has 2 rings (SSSR count). The van der Waals surface area contributed by atoms with Crippen molar-refractivity contribution in [1.29, 1.82) is 0 Å². The molecule has 3 nitrogen and oxygen atoms in total. The van der Waals surface area contributed by atoms with Crippen LogP contribution in [0.1, 0.15) is 5.56 Å². The lowest BCUT2D eigenvalue weighted by Gasteiger charge is -2.10. The molecule has 2 aromatic carbocycles. The Bertz CT molecular complexity index is 558. The number of aryl methyl sites for hydroxylation is 1. The molecule has 0 unspecified atom stereocenters. The highest BCUT2D eigenvalue weighted by atomic mass is 35.5. The van der Waals surface area contributed by atoms with E-state index in [1.807, 2.05) is 43.3 Å². The van der Waals surface area contributed by atoms with Crippen molar-refractivity contribution in [1.82, 2.24) is 0 Å². The van der Waals surface area contributed by atoms with E-state index < -0.39 is 0 Å². The Balaban J connectivity index is 1.81. The summed E-state index contributed by atoms with van der Waals surface area (Å²) in [6.07, 6.45) is 0. The van der Waals surface area contributed by atoms with E-state index in [2.05, 4.69) is 0 Å². The van der Waals surface area contributed by atoms with Gasteiger partial charge in [-0.2, -0.15) is 0 Å². The zero-order valence-electron chi connectivity index (χ0n) is 10.7. The highest BCUT2D eigenvalue weighted by Gasteiger charge is 2.00. The number of para-hydroxylation sites is 2. The lowest BCUT2D eigenvalue weighted by molar-refractivity contribution is 0.218. The number of hydrogen-bond donors (Lipinski definition) is 1. The second kappa shape index (κ2) is 6.34. The number of hydrogen-bond acceptors (Lipinski definition) is 3. The standard InChI is InChI=1S/C15H16ClNO2/c1-11-10-12(6-7-13(11)16)18-8-9-19-15-5-3-2-4-14(15)17/h2-7,10H,8-9,17H2,1H3. The van der Waals surface area contributed by atoms with Crippen molar-refractivity contribution in [2.45, 2.75) is 6.92 Å². The van der Waals surface area contributed by atoms with Gasteiger partial charge in [-0.25, -0.2) is 0 Å². The van der Waals surface area contributed by atoms with Crippen molar-refractivity contribution < 1.29 is 9.47 Å². The molecule has 0 heterocycles. The summed E-state index contributed by atoms with van der Waals surface area (Å²) in [4.78, 5) is 0. The molecule has 0 amide bonds. The number of halogens is 1. The summed E-state index contributed by atoms with van der Waals surface area (Å²) in [5.74, 6) is 1.46. The van der Waals surface area contributed by atoms with Gasteiger partial charge in [0.05, 0.1) is 5.69 Å². The van der Waals surface area contributed by atoms with Crippen LogP contribution >= 0.6 is 11.6 Å². The predicted octanol–water partition coefficient (Wildman–Crippen LogP) is 3.69. The third kappa shape index (κ3) is 3.80. The first-order chi connectivity index (χ1) is 9.16. The summed E-state index contributed by atoms with van der Waals surface area (Å²) in [6.45, 7) is 2.83. The highest BCUT2D eigenvalue weighted by molar-refractivity contribution is 6.31. The fraction of sp³-hybridized carbons (Fsp3) is 0.200. The largest absolute Gasteiger partial charge is 0.490 e. The zero-order valence-corrected chi connectivity index (χ0v) is 11.5. The molecule has 0 saturated heterocycles. The molecule has 0 fully saturated rings. The number of benzene rings is 2. The van der Waals surface area contributed by atoms with Crippen LogP contribution in [-0.2, 0) is 0 Å². The van der Waals surface area contributed by atoms with E-state index >= 15 is 0 Å². The molecule has 0 saturated carbocycles. The summed E-state index contributed by atoms with van der Waals surface area (Å²) in [6, 6.07) is 13.0. The van der Waals surface area contributed by atoms with Crippen LogP contribution in [0.15, 0.2) is 42.5 Å². The lowest BCUT2D eigenvalue weighted by atomic mass is 10.2. The number of ether oxygens (including phenoxy) is 2. The molecule has 0 bridgehead atoms. The number of nitrogen functional groups attached to an aromatic ring is 1. The molecule has 4 heteroatoms. The van der Waals surface area contributed by atoms with Gasteiger partial charge in [0.25, 0.3) is 0 Å². The Morgan fingerprint density at radius 3 is 2.53 bits per heavy atom. The molecule has 0 radical (unpaired) electrons. The first kappa shape index (κ1) is 13.6. The van der Waals surface area contributed by atoms with E-state index in [0.717, 1.165) is 16.3 Å². The second-order valence-electron chi connectivity index (χ2n) is 4.15. The minimum Gasteiger partial charge on any atom is -0.490 e. The van der Waals surface area contributed by atoms with E-state index in [-0.39, 0.29) is 0 Å². The smallest absolute Gasteiger partial charge is 0.142 e. The average molecular weight is 278 g/mol. The molecule has 0 aromatic heterocycles. The predicted molar refractivity (Wildman–Crippen MR) is 78.0 cm³/mol. The Morgan fingerprint density at radius 1 is 1.05 bits per heavy atom. The van der Waals surface area contributed by atoms with Crippen LogP contribution in [0.25, 0.3) is 0 Å². The molecule has 2 N–H and O–H groups in total. The minimum absolute atomic E-state index is 0.440. The fourth-order valence-corrected chi connectivity index (χ4v) is 1.75. The van der Waals surface area contributed by atoms with Crippen LogP contribution in [0.4, 0.5) is 5.69 Å². The molecule has 0 spiro atoms. The average Bonchev–Trinajstić information content (AvgIpc) is 2.40. The summed E-state index contributed by atoms with van der Waals surface area (Å²) in [5, 5.41) is 0.737. The van der Waals surface area contributed by atoms with Gasteiger partial charge in [0.1, 0.15) is 24.7 Å². The van der Waals surface area contributed by atoms with Crippen molar-refractivity contribution >= 4 is 17.3 Å². The van der Waals surface area contributed by atoms with Gasteiger partial charge in [-0.05, 0) is 42.8 Å². The Kier molecular flexibility index (Phi) is 4.53. The van der Waals surface area contributed by atoms with Crippen LogP contribution in [0.5, 0.6) is 11.5 Å². The molecular weight excluding hydrogens is 262 g/mol. The third-order valence-electron chi connectivity index (χ3n) is 2.66. The first-order valence-corrected chi connectivity index (χ1v) is 6.41. The van der Waals surface area contributed by atoms with Crippen molar-refractivity contribution in [3.63, 3.8) is 0 Å². The molecule has 19 heavy (non-hydrogen) atoms. The number of nitrogens with two attached hydrogens (primary N) is 1. The Hall–Kier alpha value is -1.87. The summed E-state index contributed by atoms with van der Waals surface area (Å²) < 4.78 is 11.1. The highest BCUT2D eigenvalue weighted by Crippen LogP contribution is 2.22. The van der Waals surface area contributed by atoms with Gasteiger partial charge in [0.2, 0.25) is 0 Å². The van der Waals surface area contributed by atoms with Crippen LogP contribution < -0.4 is 15.2 Å². The Morgan fingerprint density at radius 2 is 1.79 bits per heavy atom. The van der Waals surface area contributed by atoms with E-state index in [1.54, 1.807) is 6.07 Å². The topological polar surface area (TPSA) is 44.5 Å². The quantitative estimate of drug-likeness (QED) is 0.670. The van der Waals surface area contributed by atoms with Crippen LogP contribution in [0.2, 0.25) is 5.02 Å². The fourth-order valence-electron chi connectivity index (χ4n) is 1.63. The number of rotatable bonds is 5. The van der Waals surface area contributed by atoms with Gasteiger partial charge in [-0.15, -0.1) is 0 Å². The summed E-state index contributed by atoms with van der Waals surface area (Å²) in [7, 11) is 0. The van der Waals surface area contributed by atoms with Crippen LogP contribution in [0.3, 0.4) is 0 Å². The van der Waals surface area contributed by atoms with Gasteiger partial charge in [-0.1, -0.05) is 23.7 Å². The van der Waals surface area contributed by atoms with Gasteiger partial charge >= 0.3 is 0 Å². The van der Waals surface area contributed by atoms with Crippen molar-refractivity contribution in [3.8, 4) is 11.5 Å². The van der Waals surface area contributed by atoms with Crippen LogP contribution in [0, 0.1) is 6.92 Å². The van der Waals surface area contributed by atoms with Crippen LogP contribution in [-0.4, -0.2) is 13.2 Å². The summed E-state index contributed by atoms with van der Waals surface area (Å²) in [5.41, 5.74) is 7.39. The minimum atomic E-state index is 0.440. The first-order valence-electron chi connectivity index (χ1n) is 6.03. The molecule has 0 atom stereocenters. The van der Waals surface area contributed by atoms with Gasteiger partial charge < -0.3 is 15.2 Å². The molecule has 0 aliphatic rings. The molecular formula is C15H16ClNO2.